The largest absolute Gasteiger partial charge is 0.346 e. The molecular formula is C18H22N6O. The Morgan fingerprint density at radius 1 is 1.44 bits per heavy atom. The van der Waals surface area contributed by atoms with E-state index in [-0.39, 0.29) is 11.9 Å². The number of urea groups is 1. The number of amides is 2. The zero-order valence-electron chi connectivity index (χ0n) is 14.5. The number of H-pyrrole nitrogens is 1. The van der Waals surface area contributed by atoms with Crippen molar-refractivity contribution in [3.05, 3.63) is 30.0 Å². The summed E-state index contributed by atoms with van der Waals surface area (Å²) >= 11 is 0. The van der Waals surface area contributed by atoms with Crippen LogP contribution in [0.1, 0.15) is 37.2 Å². The molecule has 0 radical (unpaired) electrons. The molecule has 4 heterocycles. The highest BCUT2D eigenvalue weighted by Crippen LogP contribution is 2.33. The molecule has 1 saturated heterocycles. The van der Waals surface area contributed by atoms with Crippen molar-refractivity contribution in [2.24, 2.45) is 0 Å². The Balaban J connectivity index is 1.80. The Labute approximate surface area is 145 Å². The first-order chi connectivity index (χ1) is 12.2. The molecule has 1 atom stereocenters. The van der Waals surface area contributed by atoms with Gasteiger partial charge in [0.1, 0.15) is 5.82 Å². The summed E-state index contributed by atoms with van der Waals surface area (Å²) in [7, 11) is 0. The molecule has 1 fully saturated rings. The second-order valence-corrected chi connectivity index (χ2v) is 6.56. The third-order valence-electron chi connectivity index (χ3n) is 4.83. The molecule has 7 heteroatoms. The van der Waals surface area contributed by atoms with E-state index in [2.05, 4.69) is 25.3 Å². The van der Waals surface area contributed by atoms with E-state index in [4.69, 9.17) is 0 Å². The van der Waals surface area contributed by atoms with Crippen molar-refractivity contribution in [1.82, 2.24) is 30.2 Å². The van der Waals surface area contributed by atoms with Crippen LogP contribution in [0.15, 0.2) is 18.5 Å². The highest BCUT2D eigenvalue weighted by Gasteiger charge is 2.27. The molecule has 7 nitrogen and oxygen atoms in total. The molecule has 0 aliphatic carbocycles. The number of carbonyl (C=O) groups is 1. The summed E-state index contributed by atoms with van der Waals surface area (Å²) in [5, 5.41) is 5.01. The van der Waals surface area contributed by atoms with Gasteiger partial charge in [-0.15, -0.1) is 0 Å². The van der Waals surface area contributed by atoms with Gasteiger partial charge in [-0.1, -0.05) is 0 Å². The number of fused-ring (bicyclic) bond motifs is 3. The summed E-state index contributed by atoms with van der Waals surface area (Å²) in [4.78, 5) is 31.0. The van der Waals surface area contributed by atoms with E-state index in [0.29, 0.717) is 13.1 Å². The average Bonchev–Trinajstić information content (AvgIpc) is 3.10. The fraction of sp³-hybridized carbons (Fsp3) is 0.444. The topological polar surface area (TPSA) is 86.8 Å². The monoisotopic (exact) mass is 338 g/mol. The fourth-order valence-corrected chi connectivity index (χ4v) is 3.75. The van der Waals surface area contributed by atoms with Gasteiger partial charge in [-0.3, -0.25) is 0 Å². The summed E-state index contributed by atoms with van der Waals surface area (Å²) < 4.78 is 0. The van der Waals surface area contributed by atoms with Gasteiger partial charge in [-0.05, 0) is 32.8 Å². The van der Waals surface area contributed by atoms with E-state index >= 15 is 0 Å². The van der Waals surface area contributed by atoms with Crippen LogP contribution in [-0.4, -0.2) is 50.5 Å². The standard InChI is InChI=1S/C18H22N6O/c1-3-19-18(25)24-8-4-5-12(10-24)16-15-13-6-7-20-17(13)21-9-14(15)22-11(2)23-16/h6-7,9,12H,3-5,8,10H2,1-2H3,(H,19,25)(H,22,23). The van der Waals surface area contributed by atoms with Gasteiger partial charge in [0.15, 0.2) is 5.65 Å². The van der Waals surface area contributed by atoms with E-state index in [1.165, 1.54) is 0 Å². The molecule has 1 aliphatic rings. The second-order valence-electron chi connectivity index (χ2n) is 6.56. The highest BCUT2D eigenvalue weighted by atomic mass is 16.2. The molecule has 2 amide bonds. The lowest BCUT2D eigenvalue weighted by molar-refractivity contribution is 0.180. The van der Waals surface area contributed by atoms with Gasteiger partial charge in [-0.2, -0.15) is 0 Å². The van der Waals surface area contributed by atoms with Gasteiger partial charge < -0.3 is 15.2 Å². The van der Waals surface area contributed by atoms with E-state index in [1.54, 1.807) is 12.4 Å². The third kappa shape index (κ3) is 2.79. The molecule has 0 bridgehead atoms. The molecule has 3 aromatic heterocycles. The van der Waals surface area contributed by atoms with Crippen LogP contribution in [0.3, 0.4) is 0 Å². The molecule has 0 aromatic carbocycles. The summed E-state index contributed by atoms with van der Waals surface area (Å²) in [5.41, 5.74) is 2.75. The lowest BCUT2D eigenvalue weighted by atomic mass is 9.91. The molecule has 1 unspecified atom stereocenters. The number of nitrogens with one attached hydrogen (secondary N) is 2. The number of aromatic nitrogens is 4. The Morgan fingerprint density at radius 3 is 3.16 bits per heavy atom. The van der Waals surface area contributed by atoms with E-state index in [0.717, 1.165) is 52.8 Å². The molecule has 130 valence electrons. The SMILES string of the molecule is CCNC(=O)N1CCCC(c2[nH]c(C)nc3cnc4nccc4c23)C1. The van der Waals surface area contributed by atoms with E-state index in [1.807, 2.05) is 24.8 Å². The van der Waals surface area contributed by atoms with Crippen molar-refractivity contribution in [2.45, 2.75) is 32.6 Å². The Morgan fingerprint density at radius 2 is 2.32 bits per heavy atom. The minimum Gasteiger partial charge on any atom is -0.346 e. The zero-order valence-corrected chi connectivity index (χ0v) is 14.5. The molecule has 25 heavy (non-hydrogen) atoms. The van der Waals surface area contributed by atoms with Crippen molar-refractivity contribution in [3.63, 3.8) is 0 Å². The first-order valence-corrected chi connectivity index (χ1v) is 8.80. The fourth-order valence-electron chi connectivity index (χ4n) is 3.75. The molecular weight excluding hydrogens is 316 g/mol. The highest BCUT2D eigenvalue weighted by molar-refractivity contribution is 6.04. The van der Waals surface area contributed by atoms with Gasteiger partial charge in [0.05, 0.1) is 11.7 Å². The first-order valence-electron chi connectivity index (χ1n) is 8.80. The van der Waals surface area contributed by atoms with Crippen molar-refractivity contribution >= 4 is 28.0 Å². The number of carbonyl (C=O) groups excluding carboxylic acids is 1. The molecule has 0 saturated carbocycles. The van der Waals surface area contributed by atoms with E-state index < -0.39 is 0 Å². The number of pyridine rings is 1. The van der Waals surface area contributed by atoms with Gasteiger partial charge in [-0.25, -0.2) is 19.7 Å². The van der Waals surface area contributed by atoms with Crippen LogP contribution >= 0.6 is 0 Å². The summed E-state index contributed by atoms with van der Waals surface area (Å²) in [6.45, 7) is 6.06. The number of piperidine rings is 1. The van der Waals surface area contributed by atoms with Gasteiger partial charge in [0.25, 0.3) is 0 Å². The predicted molar refractivity (Wildman–Crippen MR) is 96.5 cm³/mol. The number of aromatic amines is 1. The quantitative estimate of drug-likeness (QED) is 0.752. The van der Waals surface area contributed by atoms with Crippen molar-refractivity contribution in [3.8, 4) is 0 Å². The molecule has 3 aromatic rings. The summed E-state index contributed by atoms with van der Waals surface area (Å²) in [6, 6.07) is 2.01. The summed E-state index contributed by atoms with van der Waals surface area (Å²) in [5.74, 6) is 1.11. The van der Waals surface area contributed by atoms with Crippen molar-refractivity contribution in [1.29, 1.82) is 0 Å². The molecule has 2 N–H and O–H groups in total. The maximum Gasteiger partial charge on any atom is 0.317 e. The van der Waals surface area contributed by atoms with Gasteiger partial charge in [0.2, 0.25) is 0 Å². The minimum absolute atomic E-state index is 0.0177. The van der Waals surface area contributed by atoms with Crippen molar-refractivity contribution < 1.29 is 4.79 Å². The van der Waals surface area contributed by atoms with Gasteiger partial charge >= 0.3 is 6.03 Å². The number of rotatable bonds is 2. The Hall–Kier alpha value is -2.70. The maximum atomic E-state index is 12.2. The first kappa shape index (κ1) is 15.8. The smallest absolute Gasteiger partial charge is 0.317 e. The second kappa shape index (κ2) is 6.31. The van der Waals surface area contributed by atoms with Crippen molar-refractivity contribution in [2.75, 3.05) is 19.6 Å². The van der Waals surface area contributed by atoms with Crippen LogP contribution in [0.5, 0.6) is 0 Å². The van der Waals surface area contributed by atoms with Crippen LogP contribution < -0.4 is 5.32 Å². The molecule has 0 spiro atoms. The molecule has 4 rings (SSSR count). The Bertz CT molecular complexity index is 934. The lowest BCUT2D eigenvalue weighted by Gasteiger charge is -2.33. The minimum atomic E-state index is 0.0177. The number of hydrogen-bond acceptors (Lipinski definition) is 4. The lowest BCUT2D eigenvalue weighted by Crippen LogP contribution is -2.45. The third-order valence-corrected chi connectivity index (χ3v) is 4.83. The number of aryl methyl sites for hydroxylation is 1. The maximum absolute atomic E-state index is 12.2. The normalized spacial score (nSPS) is 18.0. The van der Waals surface area contributed by atoms with Gasteiger partial charge in [0, 0.05) is 48.2 Å². The Kier molecular flexibility index (Phi) is 3.99. The van der Waals surface area contributed by atoms with Crippen LogP contribution in [0.4, 0.5) is 4.79 Å². The number of likely N-dealkylation sites (tertiary alicyclic amines) is 1. The van der Waals surface area contributed by atoms with E-state index in [9.17, 15) is 4.79 Å². The average molecular weight is 338 g/mol. The summed E-state index contributed by atoms with van der Waals surface area (Å²) in [6.07, 6.45) is 5.61. The number of nitrogens with zero attached hydrogens (tertiary/aromatic N) is 4. The predicted octanol–water partition coefficient (Wildman–Crippen LogP) is 2.72. The van der Waals surface area contributed by atoms with Crippen LogP contribution in [0.25, 0.3) is 21.9 Å². The van der Waals surface area contributed by atoms with Crippen LogP contribution in [0, 0.1) is 6.92 Å². The number of hydrogen-bond donors (Lipinski definition) is 2. The van der Waals surface area contributed by atoms with Crippen LogP contribution in [-0.2, 0) is 0 Å². The van der Waals surface area contributed by atoms with Crippen LogP contribution in [0.2, 0.25) is 0 Å². The molecule has 1 aliphatic heterocycles. The zero-order chi connectivity index (χ0) is 17.4.